The highest BCUT2D eigenvalue weighted by atomic mass is 32.2. The zero-order valence-electron chi connectivity index (χ0n) is 14.7. The summed E-state index contributed by atoms with van der Waals surface area (Å²) >= 11 is 1.54. The van der Waals surface area contributed by atoms with Crippen molar-refractivity contribution < 1.29 is 29.4 Å². The van der Waals surface area contributed by atoms with Crippen molar-refractivity contribution in [3.8, 4) is 0 Å². The minimum absolute atomic E-state index is 0.282. The van der Waals surface area contributed by atoms with Crippen LogP contribution in [0.3, 0.4) is 0 Å². The van der Waals surface area contributed by atoms with Gasteiger partial charge in [0.15, 0.2) is 0 Å². The quantitative estimate of drug-likeness (QED) is 0.308. The fourth-order valence-electron chi connectivity index (χ4n) is 1.97. The molecule has 0 saturated heterocycles. The van der Waals surface area contributed by atoms with Crippen LogP contribution in [0.25, 0.3) is 0 Å². The maximum Gasteiger partial charge on any atom is 0.326 e. The lowest BCUT2D eigenvalue weighted by atomic mass is 9.97. The van der Waals surface area contributed by atoms with Crippen LogP contribution in [0.4, 0.5) is 0 Å². The van der Waals surface area contributed by atoms with Gasteiger partial charge in [-0.3, -0.25) is 14.4 Å². The third-order valence-corrected chi connectivity index (χ3v) is 4.40. The van der Waals surface area contributed by atoms with E-state index in [0.717, 1.165) is 0 Å². The SMILES string of the molecule is CCC(C)C(NC(=O)C(N)CCSC)C(=O)NC(CC(=O)O)C(=O)O. The highest BCUT2D eigenvalue weighted by Gasteiger charge is 2.31. The van der Waals surface area contributed by atoms with Crippen LogP contribution < -0.4 is 16.4 Å². The molecule has 144 valence electrons. The van der Waals surface area contributed by atoms with E-state index in [2.05, 4.69) is 10.6 Å². The van der Waals surface area contributed by atoms with Gasteiger partial charge in [0.2, 0.25) is 11.8 Å². The van der Waals surface area contributed by atoms with Gasteiger partial charge in [-0.15, -0.1) is 0 Å². The molecule has 0 aromatic rings. The molecule has 0 aliphatic heterocycles. The zero-order valence-corrected chi connectivity index (χ0v) is 15.5. The second-order valence-corrected chi connectivity index (χ2v) is 6.74. The Morgan fingerprint density at radius 1 is 1.12 bits per heavy atom. The van der Waals surface area contributed by atoms with Crippen molar-refractivity contribution in [2.45, 2.75) is 51.2 Å². The molecule has 25 heavy (non-hydrogen) atoms. The number of aliphatic carboxylic acids is 2. The van der Waals surface area contributed by atoms with E-state index < -0.39 is 48.3 Å². The minimum Gasteiger partial charge on any atom is -0.481 e. The Labute approximate surface area is 151 Å². The number of carboxylic acids is 2. The molecule has 0 heterocycles. The Kier molecular flexibility index (Phi) is 10.8. The van der Waals surface area contributed by atoms with Gasteiger partial charge in [0.1, 0.15) is 12.1 Å². The molecule has 9 nitrogen and oxygen atoms in total. The van der Waals surface area contributed by atoms with Crippen molar-refractivity contribution in [3.63, 3.8) is 0 Å². The van der Waals surface area contributed by atoms with Gasteiger partial charge in [-0.1, -0.05) is 20.3 Å². The predicted octanol–water partition coefficient (Wildman–Crippen LogP) is -0.358. The molecule has 2 amide bonds. The smallest absolute Gasteiger partial charge is 0.326 e. The molecule has 0 radical (unpaired) electrons. The first-order valence-corrected chi connectivity index (χ1v) is 9.33. The molecule has 10 heteroatoms. The number of nitrogens with one attached hydrogen (secondary N) is 2. The molecular formula is C15H27N3O6S. The number of amides is 2. The Balaban J connectivity index is 5.06. The summed E-state index contributed by atoms with van der Waals surface area (Å²) in [6.07, 6.45) is 2.12. The normalized spacial score (nSPS) is 15.5. The summed E-state index contributed by atoms with van der Waals surface area (Å²) in [4.78, 5) is 46.3. The number of nitrogens with two attached hydrogens (primary N) is 1. The van der Waals surface area contributed by atoms with E-state index in [1.807, 2.05) is 13.2 Å². The zero-order chi connectivity index (χ0) is 19.6. The summed E-state index contributed by atoms with van der Waals surface area (Å²) in [5, 5.41) is 22.5. The van der Waals surface area contributed by atoms with Gasteiger partial charge in [-0.2, -0.15) is 11.8 Å². The lowest BCUT2D eigenvalue weighted by Gasteiger charge is -2.26. The molecule has 4 unspecified atom stereocenters. The summed E-state index contributed by atoms with van der Waals surface area (Å²) in [6.45, 7) is 3.54. The van der Waals surface area contributed by atoms with Gasteiger partial charge in [0.05, 0.1) is 12.5 Å². The number of carbonyl (C=O) groups is 4. The number of rotatable bonds is 12. The first-order valence-electron chi connectivity index (χ1n) is 7.93. The maximum atomic E-state index is 12.4. The van der Waals surface area contributed by atoms with Crippen LogP contribution in [-0.4, -0.2) is 64.1 Å². The van der Waals surface area contributed by atoms with E-state index in [1.165, 1.54) is 0 Å². The third kappa shape index (κ3) is 8.73. The lowest BCUT2D eigenvalue weighted by molar-refractivity contribution is -0.147. The molecule has 0 aromatic heterocycles. The van der Waals surface area contributed by atoms with Gasteiger partial charge < -0.3 is 26.6 Å². The standard InChI is InChI=1S/C15H27N3O6S/c1-4-8(2)12(18-13(21)9(16)5-6-25-3)14(22)17-10(15(23)24)7-11(19)20/h8-10,12H,4-7,16H2,1-3H3,(H,17,22)(H,18,21)(H,19,20)(H,23,24). The van der Waals surface area contributed by atoms with E-state index in [4.69, 9.17) is 15.9 Å². The fourth-order valence-corrected chi connectivity index (χ4v) is 2.46. The molecule has 0 fully saturated rings. The Bertz CT molecular complexity index is 488. The van der Waals surface area contributed by atoms with Crippen molar-refractivity contribution in [2.75, 3.05) is 12.0 Å². The Morgan fingerprint density at radius 2 is 1.72 bits per heavy atom. The molecule has 0 aliphatic rings. The third-order valence-electron chi connectivity index (χ3n) is 3.76. The highest BCUT2D eigenvalue weighted by Crippen LogP contribution is 2.10. The first-order chi connectivity index (χ1) is 11.6. The maximum absolute atomic E-state index is 12.4. The molecule has 0 aromatic carbocycles. The molecule has 4 atom stereocenters. The highest BCUT2D eigenvalue weighted by molar-refractivity contribution is 7.98. The lowest BCUT2D eigenvalue weighted by Crippen LogP contribution is -2.56. The largest absolute Gasteiger partial charge is 0.481 e. The molecule has 0 saturated carbocycles. The van der Waals surface area contributed by atoms with Crippen molar-refractivity contribution in [3.05, 3.63) is 0 Å². The van der Waals surface area contributed by atoms with E-state index in [0.29, 0.717) is 18.6 Å². The monoisotopic (exact) mass is 377 g/mol. The van der Waals surface area contributed by atoms with Crippen LogP contribution in [-0.2, 0) is 19.2 Å². The van der Waals surface area contributed by atoms with Crippen LogP contribution in [0.15, 0.2) is 0 Å². The van der Waals surface area contributed by atoms with Gasteiger partial charge in [-0.05, 0) is 24.3 Å². The number of carbonyl (C=O) groups excluding carboxylic acids is 2. The van der Waals surface area contributed by atoms with Gasteiger partial charge in [0.25, 0.3) is 0 Å². The number of carboxylic acid groups (broad SMARTS) is 2. The average Bonchev–Trinajstić information content (AvgIpc) is 2.55. The van der Waals surface area contributed by atoms with Crippen LogP contribution in [0.5, 0.6) is 0 Å². The molecular weight excluding hydrogens is 350 g/mol. The van der Waals surface area contributed by atoms with Gasteiger partial charge in [0, 0.05) is 0 Å². The summed E-state index contributed by atoms with van der Waals surface area (Å²) in [5.41, 5.74) is 5.78. The summed E-state index contributed by atoms with van der Waals surface area (Å²) in [6, 6.07) is -3.34. The van der Waals surface area contributed by atoms with E-state index >= 15 is 0 Å². The van der Waals surface area contributed by atoms with Crippen LogP contribution >= 0.6 is 11.8 Å². The molecule has 0 rings (SSSR count). The second-order valence-electron chi connectivity index (χ2n) is 5.76. The van der Waals surface area contributed by atoms with Crippen molar-refractivity contribution in [1.82, 2.24) is 10.6 Å². The van der Waals surface area contributed by atoms with Crippen LogP contribution in [0, 0.1) is 5.92 Å². The first kappa shape index (κ1) is 23.2. The number of hydrogen-bond acceptors (Lipinski definition) is 6. The van der Waals surface area contributed by atoms with Crippen molar-refractivity contribution in [1.29, 1.82) is 0 Å². The van der Waals surface area contributed by atoms with Crippen LogP contribution in [0.2, 0.25) is 0 Å². The van der Waals surface area contributed by atoms with Crippen LogP contribution in [0.1, 0.15) is 33.1 Å². The number of thioether (sulfide) groups is 1. The predicted molar refractivity (Wildman–Crippen MR) is 94.2 cm³/mol. The summed E-state index contributed by atoms with van der Waals surface area (Å²) in [5.74, 6) is -3.64. The average molecular weight is 377 g/mol. The molecule has 0 aliphatic carbocycles. The van der Waals surface area contributed by atoms with Gasteiger partial charge >= 0.3 is 11.9 Å². The number of hydrogen-bond donors (Lipinski definition) is 5. The summed E-state index contributed by atoms with van der Waals surface area (Å²) in [7, 11) is 0. The van der Waals surface area contributed by atoms with Crippen molar-refractivity contribution >= 4 is 35.5 Å². The topological polar surface area (TPSA) is 159 Å². The van der Waals surface area contributed by atoms with Crippen molar-refractivity contribution in [2.24, 2.45) is 11.7 Å². The molecule has 0 bridgehead atoms. The fraction of sp³-hybridized carbons (Fsp3) is 0.733. The Morgan fingerprint density at radius 3 is 2.16 bits per heavy atom. The Hall–Kier alpha value is -1.81. The molecule has 0 spiro atoms. The molecule has 6 N–H and O–H groups in total. The minimum atomic E-state index is -1.57. The second kappa shape index (κ2) is 11.7. The summed E-state index contributed by atoms with van der Waals surface area (Å²) < 4.78 is 0. The van der Waals surface area contributed by atoms with E-state index in [1.54, 1.807) is 18.7 Å². The van der Waals surface area contributed by atoms with Gasteiger partial charge in [-0.25, -0.2) is 4.79 Å². The van der Waals surface area contributed by atoms with E-state index in [9.17, 15) is 19.2 Å². The van der Waals surface area contributed by atoms with E-state index in [-0.39, 0.29) is 5.92 Å².